The summed E-state index contributed by atoms with van der Waals surface area (Å²) < 4.78 is 19.0. The number of benzene rings is 1. The first-order chi connectivity index (χ1) is 13.5. The first-order valence-electron chi connectivity index (χ1n) is 8.57. The van der Waals surface area contributed by atoms with Crippen molar-refractivity contribution in [3.05, 3.63) is 72.8 Å². The van der Waals surface area contributed by atoms with Crippen molar-refractivity contribution in [3.8, 4) is 6.07 Å². The van der Waals surface area contributed by atoms with Gasteiger partial charge in [0.1, 0.15) is 23.9 Å². The third-order valence-corrected chi connectivity index (χ3v) is 6.19. The van der Waals surface area contributed by atoms with E-state index in [1.165, 1.54) is 12.1 Å². The lowest BCUT2D eigenvalue weighted by molar-refractivity contribution is -0.133. The Kier molecular flexibility index (Phi) is 6.55. The first kappa shape index (κ1) is 20.2. The van der Waals surface area contributed by atoms with Crippen molar-refractivity contribution in [2.24, 2.45) is 0 Å². The topological polar surface area (TPSA) is 67.2 Å². The van der Waals surface area contributed by atoms with Gasteiger partial charge in [-0.2, -0.15) is 5.26 Å². The zero-order valence-electron chi connectivity index (χ0n) is 14.7. The molecule has 0 N–H and O–H groups in total. The van der Waals surface area contributed by atoms with Gasteiger partial charge in [0.05, 0.1) is 5.56 Å². The number of aldehydes is 1. The molecule has 0 saturated carbocycles. The predicted octanol–water partition coefficient (Wildman–Crippen LogP) is 5.79. The lowest BCUT2D eigenvalue weighted by atomic mass is 9.92. The molecule has 0 bridgehead atoms. The quantitative estimate of drug-likeness (QED) is 0.421. The number of thiophene rings is 1. The lowest BCUT2D eigenvalue weighted by Crippen LogP contribution is -2.01. The molecule has 0 fully saturated rings. The smallest absolute Gasteiger partial charge is 0.339 e. The van der Waals surface area contributed by atoms with Crippen molar-refractivity contribution < 1.29 is 18.7 Å². The van der Waals surface area contributed by atoms with Crippen LogP contribution in [0.15, 0.2) is 51.0 Å². The Hall–Kier alpha value is -2.56. The van der Waals surface area contributed by atoms with Crippen molar-refractivity contribution in [2.45, 2.75) is 25.7 Å². The molecule has 4 nitrogen and oxygen atoms in total. The molecule has 0 radical (unpaired) electrons. The van der Waals surface area contributed by atoms with Gasteiger partial charge in [-0.3, -0.25) is 4.79 Å². The molecule has 4 rings (SSSR count). The molecule has 2 aliphatic rings. The first-order valence-corrected chi connectivity index (χ1v) is 10.2. The molecular formula is C21H15BrFNO3S. The van der Waals surface area contributed by atoms with Crippen molar-refractivity contribution in [1.29, 1.82) is 5.26 Å². The summed E-state index contributed by atoms with van der Waals surface area (Å²) in [6.07, 6.45) is 6.63. The second kappa shape index (κ2) is 9.09. The Labute approximate surface area is 174 Å². The third kappa shape index (κ3) is 4.46. The van der Waals surface area contributed by atoms with Gasteiger partial charge < -0.3 is 4.74 Å². The number of rotatable bonds is 2. The molecule has 2 heterocycles. The molecular weight excluding hydrogens is 445 g/mol. The van der Waals surface area contributed by atoms with Crippen LogP contribution in [0.5, 0.6) is 0 Å². The molecule has 28 heavy (non-hydrogen) atoms. The number of esters is 1. The van der Waals surface area contributed by atoms with Crippen LogP contribution in [0.4, 0.5) is 4.39 Å². The predicted molar refractivity (Wildman–Crippen MR) is 108 cm³/mol. The molecule has 1 aromatic heterocycles. The molecule has 7 heteroatoms. The van der Waals surface area contributed by atoms with Gasteiger partial charge in [-0.15, -0.1) is 11.3 Å². The molecule has 0 amide bonds. The van der Waals surface area contributed by atoms with Crippen molar-refractivity contribution >= 4 is 45.6 Å². The van der Waals surface area contributed by atoms with Crippen molar-refractivity contribution in [2.75, 3.05) is 0 Å². The molecule has 1 aliphatic heterocycles. The summed E-state index contributed by atoms with van der Waals surface area (Å²) in [5, 5.41) is 10.3. The number of hydrogen-bond acceptors (Lipinski definition) is 5. The standard InChI is InChI=1S/C13H11BrO2S.C8H4FNO/c14-10-5-6-17-12(10)7-11-8-3-1-2-4-9(8)13(15)16-11;9-8-2-1-6(5-11)3-7(8)4-10/h5-7H,1-4H2;1-3,5H. The van der Waals surface area contributed by atoms with Crippen LogP contribution < -0.4 is 0 Å². The van der Waals surface area contributed by atoms with E-state index in [4.69, 9.17) is 10.00 Å². The number of carbonyl (C=O) groups is 2. The van der Waals surface area contributed by atoms with E-state index in [-0.39, 0.29) is 11.5 Å². The van der Waals surface area contributed by atoms with E-state index in [1.54, 1.807) is 17.4 Å². The summed E-state index contributed by atoms with van der Waals surface area (Å²) in [6.45, 7) is 0. The molecule has 1 aliphatic carbocycles. The highest BCUT2D eigenvalue weighted by Gasteiger charge is 2.31. The van der Waals surface area contributed by atoms with Crippen LogP contribution in [0.2, 0.25) is 0 Å². The van der Waals surface area contributed by atoms with Crippen molar-refractivity contribution in [3.63, 3.8) is 0 Å². The Bertz CT molecular complexity index is 1030. The average molecular weight is 460 g/mol. The van der Waals surface area contributed by atoms with Crippen molar-refractivity contribution in [1.82, 2.24) is 0 Å². The van der Waals surface area contributed by atoms with E-state index in [0.29, 0.717) is 11.8 Å². The fourth-order valence-electron chi connectivity index (χ4n) is 2.97. The highest BCUT2D eigenvalue weighted by Crippen LogP contribution is 2.38. The van der Waals surface area contributed by atoms with Crippen LogP contribution >= 0.6 is 27.3 Å². The summed E-state index contributed by atoms with van der Waals surface area (Å²) in [7, 11) is 0. The van der Waals surface area contributed by atoms with Crippen LogP contribution in [-0.4, -0.2) is 12.3 Å². The van der Waals surface area contributed by atoms with Crippen LogP contribution in [-0.2, 0) is 9.53 Å². The second-order valence-corrected chi connectivity index (χ2v) is 7.97. The van der Waals surface area contributed by atoms with Gasteiger partial charge >= 0.3 is 5.97 Å². The van der Waals surface area contributed by atoms with Crippen LogP contribution in [0.25, 0.3) is 6.08 Å². The number of nitriles is 1. The minimum absolute atomic E-state index is 0.102. The highest BCUT2D eigenvalue weighted by atomic mass is 79.9. The Morgan fingerprint density at radius 3 is 2.61 bits per heavy atom. The molecule has 142 valence electrons. The summed E-state index contributed by atoms with van der Waals surface area (Å²) >= 11 is 5.13. The highest BCUT2D eigenvalue weighted by molar-refractivity contribution is 9.10. The Morgan fingerprint density at radius 2 is 1.96 bits per heavy atom. The molecule has 0 saturated heterocycles. The number of halogens is 2. The maximum Gasteiger partial charge on any atom is 0.339 e. The fourth-order valence-corrected chi connectivity index (χ4v) is 4.38. The SMILES string of the molecule is N#Cc1cc(C=O)ccc1F.O=C1OC(=Cc2sccc2Br)C2=C1CCCC2. The van der Waals surface area contributed by atoms with Gasteiger partial charge in [0.15, 0.2) is 0 Å². The molecule has 0 spiro atoms. The zero-order chi connectivity index (χ0) is 20.1. The minimum atomic E-state index is -0.599. The van der Waals surface area contributed by atoms with Crippen LogP contribution in [0.3, 0.4) is 0 Å². The van der Waals surface area contributed by atoms with Gasteiger partial charge in [0.25, 0.3) is 0 Å². The normalized spacial score (nSPS) is 16.8. The zero-order valence-corrected chi connectivity index (χ0v) is 17.1. The van der Waals surface area contributed by atoms with E-state index in [2.05, 4.69) is 15.9 Å². The van der Waals surface area contributed by atoms with Gasteiger partial charge in [0.2, 0.25) is 0 Å². The Morgan fingerprint density at radius 1 is 1.21 bits per heavy atom. The summed E-state index contributed by atoms with van der Waals surface area (Å²) in [4.78, 5) is 23.0. The van der Waals surface area contributed by atoms with E-state index in [0.717, 1.165) is 58.0 Å². The molecule has 0 atom stereocenters. The van der Waals surface area contributed by atoms with E-state index in [9.17, 15) is 14.0 Å². The van der Waals surface area contributed by atoms with Crippen LogP contribution in [0, 0.1) is 17.1 Å². The van der Waals surface area contributed by atoms with Gasteiger partial charge in [-0.25, -0.2) is 9.18 Å². The fraction of sp³-hybridized carbons (Fsp3) is 0.190. The van der Waals surface area contributed by atoms with Crippen LogP contribution in [0.1, 0.15) is 46.5 Å². The van der Waals surface area contributed by atoms with E-state index >= 15 is 0 Å². The number of carbonyl (C=O) groups excluding carboxylic acids is 2. The molecule has 2 aromatic rings. The number of cyclic esters (lactones) is 1. The summed E-state index contributed by atoms with van der Waals surface area (Å²) in [6, 6.07) is 7.27. The van der Waals surface area contributed by atoms with E-state index in [1.807, 2.05) is 17.5 Å². The van der Waals surface area contributed by atoms with Gasteiger partial charge in [-0.05, 0) is 77.3 Å². The number of allylic oxidation sites excluding steroid dienone is 1. The Balaban J connectivity index is 0.000000178. The van der Waals surface area contributed by atoms with Gasteiger partial charge in [0, 0.05) is 26.1 Å². The summed E-state index contributed by atoms with van der Waals surface area (Å²) in [5.41, 5.74) is 2.23. The molecule has 0 unspecified atom stereocenters. The average Bonchev–Trinajstić information content (AvgIpc) is 3.26. The summed E-state index contributed by atoms with van der Waals surface area (Å²) in [5.74, 6) is 0.0181. The maximum absolute atomic E-state index is 12.6. The maximum atomic E-state index is 12.6. The third-order valence-electron chi connectivity index (χ3n) is 4.37. The number of nitrogens with zero attached hydrogens (tertiary/aromatic N) is 1. The number of ether oxygens (including phenoxy) is 1. The lowest BCUT2D eigenvalue weighted by Gasteiger charge is -2.09. The minimum Gasteiger partial charge on any atom is -0.423 e. The molecule has 1 aromatic carbocycles. The van der Waals surface area contributed by atoms with Gasteiger partial charge in [-0.1, -0.05) is 0 Å². The monoisotopic (exact) mass is 459 g/mol. The number of hydrogen-bond donors (Lipinski definition) is 0. The van der Waals surface area contributed by atoms with E-state index < -0.39 is 5.82 Å². The largest absolute Gasteiger partial charge is 0.423 e. The second-order valence-electron chi connectivity index (χ2n) is 6.16.